The van der Waals surface area contributed by atoms with Gasteiger partial charge in [0.2, 0.25) is 5.91 Å². The van der Waals surface area contributed by atoms with Gasteiger partial charge in [-0.2, -0.15) is 0 Å². The summed E-state index contributed by atoms with van der Waals surface area (Å²) in [5.74, 6) is -0.312. The average molecular weight is 305 g/mol. The van der Waals surface area contributed by atoms with Crippen molar-refractivity contribution < 1.29 is 9.59 Å². The summed E-state index contributed by atoms with van der Waals surface area (Å²) < 4.78 is 0. The molecule has 0 aromatic heterocycles. The van der Waals surface area contributed by atoms with Crippen LogP contribution >= 0.6 is 0 Å². The number of hydrogen-bond acceptors (Lipinski definition) is 3. The summed E-state index contributed by atoms with van der Waals surface area (Å²) in [6.45, 7) is 8.96. The molecule has 0 fully saturated rings. The summed E-state index contributed by atoms with van der Waals surface area (Å²) in [7, 11) is 3.35. The van der Waals surface area contributed by atoms with Gasteiger partial charge < -0.3 is 5.32 Å². The molecule has 0 aliphatic rings. The highest BCUT2D eigenvalue weighted by molar-refractivity contribution is 5.96. The summed E-state index contributed by atoms with van der Waals surface area (Å²) in [6.07, 6.45) is 0. The largest absolute Gasteiger partial charge is 0.341 e. The first-order valence-corrected chi connectivity index (χ1v) is 7.47. The number of carbonyl (C=O) groups is 2. The maximum atomic E-state index is 11.9. The Morgan fingerprint density at radius 1 is 1.18 bits per heavy atom. The van der Waals surface area contributed by atoms with Crippen LogP contribution in [-0.2, 0) is 16.8 Å². The molecule has 1 aromatic carbocycles. The maximum Gasteiger partial charge on any atom is 0.321 e. The Bertz CT molecular complexity index is 518. The summed E-state index contributed by atoms with van der Waals surface area (Å²) in [5.41, 5.74) is 2.55. The molecular formula is C17H27N3O2. The minimum atomic E-state index is -0.486. The van der Waals surface area contributed by atoms with Crippen molar-refractivity contribution in [3.63, 3.8) is 0 Å². The highest BCUT2D eigenvalue weighted by atomic mass is 16.2. The van der Waals surface area contributed by atoms with Crippen molar-refractivity contribution in [3.05, 3.63) is 35.4 Å². The molecular weight excluding hydrogens is 278 g/mol. The lowest BCUT2D eigenvalue weighted by Crippen LogP contribution is -2.47. The quantitative estimate of drug-likeness (QED) is 0.897. The minimum Gasteiger partial charge on any atom is -0.341 e. The molecule has 0 spiro atoms. The molecule has 5 nitrogen and oxygen atoms in total. The zero-order valence-electron chi connectivity index (χ0n) is 14.4. The fraction of sp³-hybridized carbons (Fsp3) is 0.529. The minimum absolute atomic E-state index is 0.130. The van der Waals surface area contributed by atoms with Gasteiger partial charge in [0.15, 0.2) is 0 Å². The van der Waals surface area contributed by atoms with E-state index in [4.69, 9.17) is 0 Å². The molecule has 2 N–H and O–H groups in total. The van der Waals surface area contributed by atoms with Crippen LogP contribution in [0.1, 0.15) is 38.8 Å². The van der Waals surface area contributed by atoms with E-state index in [1.807, 2.05) is 11.9 Å². The van der Waals surface area contributed by atoms with Gasteiger partial charge in [0.1, 0.15) is 0 Å². The third kappa shape index (κ3) is 5.15. The average Bonchev–Trinajstić information content (AvgIpc) is 2.45. The second-order valence-electron chi connectivity index (χ2n) is 6.61. The Morgan fingerprint density at radius 3 is 2.18 bits per heavy atom. The first-order valence-electron chi connectivity index (χ1n) is 7.47. The van der Waals surface area contributed by atoms with E-state index in [-0.39, 0.29) is 17.4 Å². The molecule has 0 unspecified atom stereocenters. The van der Waals surface area contributed by atoms with Crippen LogP contribution in [0.15, 0.2) is 24.3 Å². The lowest BCUT2D eigenvalue weighted by Gasteiger charge is -2.24. The lowest BCUT2D eigenvalue weighted by atomic mass is 9.87. The van der Waals surface area contributed by atoms with Crippen LogP contribution in [0.5, 0.6) is 0 Å². The third-order valence-corrected chi connectivity index (χ3v) is 3.76. The second kappa shape index (κ2) is 7.40. The van der Waals surface area contributed by atoms with Gasteiger partial charge in [0, 0.05) is 13.6 Å². The number of amides is 3. The Labute approximate surface area is 133 Å². The number of hydrogen-bond donors (Lipinski definition) is 2. The normalized spacial score (nSPS) is 12.9. The molecule has 5 heteroatoms. The zero-order valence-corrected chi connectivity index (χ0v) is 14.4. The van der Waals surface area contributed by atoms with Gasteiger partial charge in [-0.1, -0.05) is 45.0 Å². The molecule has 22 heavy (non-hydrogen) atoms. The zero-order chi connectivity index (χ0) is 16.9. The van der Waals surface area contributed by atoms with Gasteiger partial charge in [-0.15, -0.1) is 0 Å². The van der Waals surface area contributed by atoms with Gasteiger partial charge in [-0.3, -0.25) is 15.0 Å². The first kappa shape index (κ1) is 18.2. The van der Waals surface area contributed by atoms with Crippen LogP contribution in [0.3, 0.4) is 0 Å². The van der Waals surface area contributed by atoms with Crippen molar-refractivity contribution in [2.75, 3.05) is 14.1 Å². The summed E-state index contributed by atoms with van der Waals surface area (Å²) >= 11 is 0. The fourth-order valence-electron chi connectivity index (χ4n) is 2.01. The van der Waals surface area contributed by atoms with Gasteiger partial charge in [-0.05, 0) is 30.5 Å². The van der Waals surface area contributed by atoms with Crippen molar-refractivity contribution in [2.45, 2.75) is 45.7 Å². The topological polar surface area (TPSA) is 61.4 Å². The molecule has 1 rings (SSSR count). The molecule has 122 valence electrons. The van der Waals surface area contributed by atoms with Crippen LogP contribution < -0.4 is 10.6 Å². The van der Waals surface area contributed by atoms with E-state index in [1.54, 1.807) is 6.92 Å². The van der Waals surface area contributed by atoms with Crippen LogP contribution in [0.4, 0.5) is 4.79 Å². The molecule has 0 radical (unpaired) electrons. The van der Waals surface area contributed by atoms with E-state index in [1.165, 1.54) is 12.6 Å². The van der Waals surface area contributed by atoms with Crippen molar-refractivity contribution >= 4 is 11.9 Å². The molecule has 0 heterocycles. The second-order valence-corrected chi connectivity index (χ2v) is 6.61. The standard InChI is InChI=1S/C17H27N3O2/c1-12(15(21)19-16(22)18-5)20(6)11-13-7-9-14(10-8-13)17(2,3)4/h7-10,12H,11H2,1-6H3,(H2,18,19,21,22)/t12-/m0/s1. The van der Waals surface area contributed by atoms with Crippen LogP contribution in [0.25, 0.3) is 0 Å². The van der Waals surface area contributed by atoms with Gasteiger partial charge in [0.05, 0.1) is 6.04 Å². The monoisotopic (exact) mass is 305 g/mol. The van der Waals surface area contributed by atoms with Crippen molar-refractivity contribution in [2.24, 2.45) is 0 Å². The predicted octanol–water partition coefficient (Wildman–Crippen LogP) is 2.26. The van der Waals surface area contributed by atoms with E-state index < -0.39 is 6.03 Å². The first-order chi connectivity index (χ1) is 10.1. The molecule has 0 saturated carbocycles. The van der Waals surface area contributed by atoms with E-state index >= 15 is 0 Å². The van der Waals surface area contributed by atoms with Crippen molar-refractivity contribution in [1.29, 1.82) is 0 Å². The van der Waals surface area contributed by atoms with Gasteiger partial charge in [-0.25, -0.2) is 4.79 Å². The third-order valence-electron chi connectivity index (χ3n) is 3.76. The van der Waals surface area contributed by atoms with Crippen molar-refractivity contribution in [3.8, 4) is 0 Å². The Kier molecular flexibility index (Phi) is 6.11. The SMILES string of the molecule is CNC(=O)NC(=O)[C@H](C)N(C)Cc1ccc(C(C)(C)C)cc1. The highest BCUT2D eigenvalue weighted by Gasteiger charge is 2.20. The summed E-state index contributed by atoms with van der Waals surface area (Å²) in [4.78, 5) is 25.0. The molecule has 0 aliphatic heterocycles. The molecule has 0 bridgehead atoms. The van der Waals surface area contributed by atoms with Crippen LogP contribution in [-0.4, -0.2) is 37.0 Å². The molecule has 1 atom stereocenters. The smallest absolute Gasteiger partial charge is 0.321 e. The Hall–Kier alpha value is -1.88. The van der Waals surface area contributed by atoms with Crippen molar-refractivity contribution in [1.82, 2.24) is 15.5 Å². The van der Waals surface area contributed by atoms with E-state index in [9.17, 15) is 9.59 Å². The number of benzene rings is 1. The van der Waals surface area contributed by atoms with Crippen LogP contribution in [0.2, 0.25) is 0 Å². The number of likely N-dealkylation sites (N-methyl/N-ethyl adjacent to an activating group) is 1. The number of nitrogens with one attached hydrogen (secondary N) is 2. The number of carbonyl (C=O) groups excluding carboxylic acids is 2. The Balaban J connectivity index is 2.66. The molecule has 1 aromatic rings. The molecule has 0 aliphatic carbocycles. The summed E-state index contributed by atoms with van der Waals surface area (Å²) in [5, 5.41) is 4.66. The number of rotatable bonds is 4. The van der Waals surface area contributed by atoms with E-state index in [2.05, 4.69) is 55.7 Å². The lowest BCUT2D eigenvalue weighted by molar-refractivity contribution is -0.124. The number of nitrogens with zero attached hydrogens (tertiary/aromatic N) is 1. The number of urea groups is 1. The van der Waals surface area contributed by atoms with Crippen LogP contribution in [0, 0.1) is 0 Å². The van der Waals surface area contributed by atoms with E-state index in [0.29, 0.717) is 6.54 Å². The highest BCUT2D eigenvalue weighted by Crippen LogP contribution is 2.22. The summed E-state index contributed by atoms with van der Waals surface area (Å²) in [6, 6.07) is 7.54. The van der Waals surface area contributed by atoms with Gasteiger partial charge in [0.25, 0.3) is 0 Å². The maximum absolute atomic E-state index is 11.9. The molecule has 0 saturated heterocycles. The van der Waals surface area contributed by atoms with Gasteiger partial charge >= 0.3 is 6.03 Å². The number of imide groups is 1. The fourth-order valence-corrected chi connectivity index (χ4v) is 2.01. The predicted molar refractivity (Wildman–Crippen MR) is 88.7 cm³/mol. The Morgan fingerprint density at radius 2 is 1.73 bits per heavy atom. The molecule has 3 amide bonds. The van der Waals surface area contributed by atoms with E-state index in [0.717, 1.165) is 5.56 Å².